The summed E-state index contributed by atoms with van der Waals surface area (Å²) in [6.07, 6.45) is 5.63. The Bertz CT molecular complexity index is 265. The van der Waals surface area contributed by atoms with Crippen LogP contribution >= 0.6 is 0 Å². The van der Waals surface area contributed by atoms with Crippen LogP contribution in [0, 0.1) is 11.8 Å². The average Bonchev–Trinajstić information content (AvgIpc) is 2.43. The standard InChI is InChI=1S/C12H21NO3/c1-8-6-4-3-5-7-10(8)13-11(14)9(2)12(15)16/h8-10H,3-7H2,1-2H3,(H,13,14)(H,15,16). The average molecular weight is 227 g/mol. The molecular formula is C12H21NO3. The molecule has 1 aliphatic rings. The van der Waals surface area contributed by atoms with Crippen molar-refractivity contribution in [2.75, 3.05) is 0 Å². The first-order valence-electron chi connectivity index (χ1n) is 6.05. The molecule has 0 aliphatic heterocycles. The van der Waals surface area contributed by atoms with Gasteiger partial charge in [-0.1, -0.05) is 26.2 Å². The Labute approximate surface area is 96.4 Å². The molecule has 4 nitrogen and oxygen atoms in total. The largest absolute Gasteiger partial charge is 0.481 e. The Morgan fingerprint density at radius 1 is 1.25 bits per heavy atom. The van der Waals surface area contributed by atoms with Crippen LogP contribution in [0.4, 0.5) is 0 Å². The summed E-state index contributed by atoms with van der Waals surface area (Å²) < 4.78 is 0. The van der Waals surface area contributed by atoms with Gasteiger partial charge in [0, 0.05) is 6.04 Å². The van der Waals surface area contributed by atoms with E-state index in [0.717, 1.165) is 19.3 Å². The lowest BCUT2D eigenvalue weighted by Crippen LogP contribution is -2.43. The smallest absolute Gasteiger partial charge is 0.315 e. The normalized spacial score (nSPS) is 27.9. The van der Waals surface area contributed by atoms with Gasteiger partial charge in [-0.05, 0) is 25.7 Å². The second kappa shape index (κ2) is 5.87. The van der Waals surface area contributed by atoms with Crippen LogP contribution in [0.15, 0.2) is 0 Å². The van der Waals surface area contributed by atoms with Gasteiger partial charge in [0.25, 0.3) is 0 Å². The molecule has 2 N–H and O–H groups in total. The Morgan fingerprint density at radius 3 is 2.50 bits per heavy atom. The molecule has 3 unspecified atom stereocenters. The minimum Gasteiger partial charge on any atom is -0.481 e. The van der Waals surface area contributed by atoms with Gasteiger partial charge in [-0.2, -0.15) is 0 Å². The highest BCUT2D eigenvalue weighted by atomic mass is 16.4. The summed E-state index contributed by atoms with van der Waals surface area (Å²) >= 11 is 0. The summed E-state index contributed by atoms with van der Waals surface area (Å²) in [4.78, 5) is 22.3. The van der Waals surface area contributed by atoms with Gasteiger partial charge in [0.05, 0.1) is 0 Å². The van der Waals surface area contributed by atoms with Gasteiger partial charge < -0.3 is 10.4 Å². The van der Waals surface area contributed by atoms with Crippen molar-refractivity contribution in [3.63, 3.8) is 0 Å². The van der Waals surface area contributed by atoms with E-state index in [9.17, 15) is 9.59 Å². The summed E-state index contributed by atoms with van der Waals surface area (Å²) in [6, 6.07) is 0.150. The molecule has 1 rings (SSSR count). The summed E-state index contributed by atoms with van der Waals surface area (Å²) in [5, 5.41) is 11.6. The number of aliphatic carboxylic acids is 1. The van der Waals surface area contributed by atoms with Crippen LogP contribution in [0.5, 0.6) is 0 Å². The molecule has 0 aromatic heterocycles. The molecule has 1 aliphatic carbocycles. The van der Waals surface area contributed by atoms with Crippen molar-refractivity contribution < 1.29 is 14.7 Å². The molecule has 4 heteroatoms. The lowest BCUT2D eigenvalue weighted by molar-refractivity contribution is -0.146. The number of carbonyl (C=O) groups is 2. The number of amides is 1. The number of hydrogen-bond donors (Lipinski definition) is 2. The lowest BCUT2D eigenvalue weighted by Gasteiger charge is -2.23. The van der Waals surface area contributed by atoms with E-state index in [1.165, 1.54) is 19.8 Å². The Hall–Kier alpha value is -1.06. The van der Waals surface area contributed by atoms with Crippen molar-refractivity contribution in [3.05, 3.63) is 0 Å². The fraction of sp³-hybridized carbons (Fsp3) is 0.833. The van der Waals surface area contributed by atoms with Crippen molar-refractivity contribution in [1.29, 1.82) is 0 Å². The van der Waals surface area contributed by atoms with Gasteiger partial charge in [0.2, 0.25) is 5.91 Å². The maximum absolute atomic E-state index is 11.6. The van der Waals surface area contributed by atoms with Crippen LogP contribution in [0.1, 0.15) is 46.0 Å². The quantitative estimate of drug-likeness (QED) is 0.570. The minimum atomic E-state index is -1.06. The van der Waals surface area contributed by atoms with Crippen LogP contribution < -0.4 is 5.32 Å². The Kier molecular flexibility index (Phi) is 4.77. The lowest BCUT2D eigenvalue weighted by atomic mass is 9.96. The second-order valence-electron chi connectivity index (χ2n) is 4.79. The number of carboxylic acids is 1. The molecule has 0 bridgehead atoms. The van der Waals surface area contributed by atoms with Crippen molar-refractivity contribution in [1.82, 2.24) is 5.32 Å². The van der Waals surface area contributed by atoms with Crippen molar-refractivity contribution in [2.24, 2.45) is 11.8 Å². The van der Waals surface area contributed by atoms with Gasteiger partial charge in [-0.15, -0.1) is 0 Å². The van der Waals surface area contributed by atoms with E-state index in [-0.39, 0.29) is 11.9 Å². The highest BCUT2D eigenvalue weighted by Crippen LogP contribution is 2.23. The SMILES string of the molecule is CC(C(=O)O)C(=O)NC1CCCCCC1C. The molecule has 0 saturated heterocycles. The van der Waals surface area contributed by atoms with Crippen LogP contribution in [-0.4, -0.2) is 23.0 Å². The van der Waals surface area contributed by atoms with Gasteiger partial charge in [-0.25, -0.2) is 0 Å². The fourth-order valence-electron chi connectivity index (χ4n) is 2.13. The third kappa shape index (κ3) is 3.51. The molecule has 0 heterocycles. The summed E-state index contributed by atoms with van der Waals surface area (Å²) in [6.45, 7) is 3.56. The van der Waals surface area contributed by atoms with E-state index in [4.69, 9.17) is 5.11 Å². The molecule has 0 aromatic rings. The van der Waals surface area contributed by atoms with Crippen molar-refractivity contribution in [2.45, 2.75) is 52.0 Å². The molecule has 0 aromatic carbocycles. The molecule has 1 fully saturated rings. The van der Waals surface area contributed by atoms with Gasteiger partial charge in [0.15, 0.2) is 0 Å². The monoisotopic (exact) mass is 227 g/mol. The van der Waals surface area contributed by atoms with Crippen molar-refractivity contribution >= 4 is 11.9 Å². The first-order valence-corrected chi connectivity index (χ1v) is 6.05. The predicted molar refractivity (Wildman–Crippen MR) is 61.0 cm³/mol. The fourth-order valence-corrected chi connectivity index (χ4v) is 2.13. The van der Waals surface area contributed by atoms with Crippen LogP contribution in [0.25, 0.3) is 0 Å². The zero-order chi connectivity index (χ0) is 12.1. The summed E-state index contributed by atoms with van der Waals surface area (Å²) in [5.41, 5.74) is 0. The highest BCUT2D eigenvalue weighted by Gasteiger charge is 2.26. The summed E-state index contributed by atoms with van der Waals surface area (Å²) in [5.74, 6) is -1.91. The third-order valence-corrected chi connectivity index (χ3v) is 3.45. The van der Waals surface area contributed by atoms with Gasteiger partial charge in [0.1, 0.15) is 5.92 Å². The first kappa shape index (κ1) is 13.0. The predicted octanol–water partition coefficient (Wildman–Crippen LogP) is 1.79. The van der Waals surface area contributed by atoms with Gasteiger partial charge in [-0.3, -0.25) is 9.59 Å². The van der Waals surface area contributed by atoms with Crippen LogP contribution in [-0.2, 0) is 9.59 Å². The second-order valence-corrected chi connectivity index (χ2v) is 4.79. The van der Waals surface area contributed by atoms with E-state index in [1.807, 2.05) is 0 Å². The number of rotatable bonds is 3. The zero-order valence-corrected chi connectivity index (χ0v) is 10.0. The molecule has 92 valence electrons. The molecule has 0 radical (unpaired) electrons. The molecule has 1 saturated carbocycles. The number of carbonyl (C=O) groups excluding carboxylic acids is 1. The van der Waals surface area contributed by atoms with E-state index in [0.29, 0.717) is 5.92 Å². The first-order chi connectivity index (χ1) is 7.52. The van der Waals surface area contributed by atoms with Gasteiger partial charge >= 0.3 is 5.97 Å². The number of carboxylic acid groups (broad SMARTS) is 1. The molecule has 16 heavy (non-hydrogen) atoms. The van der Waals surface area contributed by atoms with E-state index in [1.54, 1.807) is 0 Å². The van der Waals surface area contributed by atoms with E-state index < -0.39 is 11.9 Å². The molecular weight excluding hydrogens is 206 g/mol. The molecule has 1 amide bonds. The molecule has 0 spiro atoms. The van der Waals surface area contributed by atoms with Crippen molar-refractivity contribution in [3.8, 4) is 0 Å². The third-order valence-electron chi connectivity index (χ3n) is 3.45. The zero-order valence-electron chi connectivity index (χ0n) is 10.0. The van der Waals surface area contributed by atoms with Crippen LogP contribution in [0.3, 0.4) is 0 Å². The Morgan fingerprint density at radius 2 is 1.88 bits per heavy atom. The maximum atomic E-state index is 11.6. The Balaban J connectivity index is 2.51. The van der Waals surface area contributed by atoms with E-state index >= 15 is 0 Å². The topological polar surface area (TPSA) is 66.4 Å². The number of hydrogen-bond acceptors (Lipinski definition) is 2. The van der Waals surface area contributed by atoms with Crippen LogP contribution in [0.2, 0.25) is 0 Å². The minimum absolute atomic E-state index is 0.150. The number of nitrogens with one attached hydrogen (secondary N) is 1. The maximum Gasteiger partial charge on any atom is 0.315 e. The summed E-state index contributed by atoms with van der Waals surface area (Å²) in [7, 11) is 0. The van der Waals surface area contributed by atoms with E-state index in [2.05, 4.69) is 12.2 Å². The highest BCUT2D eigenvalue weighted by molar-refractivity contribution is 5.96. The molecule has 3 atom stereocenters.